The SMILES string of the molecule is C=C/C=C(O)\C=C(/C)c1ccnc(Nc2ccc3[nH]c(C(=O)N4CCN(C)CC4)cc3c2)n1.CC.O=C1CCCN1. The van der Waals surface area contributed by atoms with E-state index in [0.717, 1.165) is 67.7 Å². The van der Waals surface area contributed by atoms with Gasteiger partial charge in [-0.15, -0.1) is 0 Å². The molecule has 2 aliphatic heterocycles. The van der Waals surface area contributed by atoms with E-state index in [-0.39, 0.29) is 17.6 Å². The van der Waals surface area contributed by atoms with Gasteiger partial charge in [-0.3, -0.25) is 9.59 Å². The molecule has 1 aromatic carbocycles. The van der Waals surface area contributed by atoms with Gasteiger partial charge in [-0.2, -0.15) is 0 Å². The summed E-state index contributed by atoms with van der Waals surface area (Å²) in [5.74, 6) is 0.780. The molecule has 0 unspecified atom stereocenters. The third-order valence-electron chi connectivity index (χ3n) is 6.51. The lowest BCUT2D eigenvalue weighted by molar-refractivity contribution is -0.119. The molecule has 2 aromatic heterocycles. The van der Waals surface area contributed by atoms with Crippen molar-refractivity contribution in [2.75, 3.05) is 45.1 Å². The Bertz CT molecular complexity index is 1390. The molecule has 218 valence electrons. The number of benzene rings is 1. The molecule has 2 fully saturated rings. The molecular formula is C31H41N7O3. The Kier molecular flexibility index (Phi) is 11.7. The van der Waals surface area contributed by atoms with Gasteiger partial charge in [0.15, 0.2) is 0 Å². The van der Waals surface area contributed by atoms with Gasteiger partial charge in [0.25, 0.3) is 5.91 Å². The number of hydrogen-bond acceptors (Lipinski definition) is 7. The van der Waals surface area contributed by atoms with Crippen molar-refractivity contribution in [3.63, 3.8) is 0 Å². The number of carbonyl (C=O) groups is 2. The molecule has 3 aromatic rings. The summed E-state index contributed by atoms with van der Waals surface area (Å²) in [7, 11) is 2.07. The van der Waals surface area contributed by atoms with E-state index in [1.807, 2.05) is 49.9 Å². The van der Waals surface area contributed by atoms with Crippen molar-refractivity contribution in [1.29, 1.82) is 0 Å². The minimum Gasteiger partial charge on any atom is -0.508 e. The van der Waals surface area contributed by atoms with Gasteiger partial charge >= 0.3 is 0 Å². The number of fused-ring (bicyclic) bond motifs is 1. The molecule has 2 saturated heterocycles. The minimum absolute atomic E-state index is 0.0286. The maximum atomic E-state index is 12.9. The highest BCUT2D eigenvalue weighted by molar-refractivity contribution is 5.98. The van der Waals surface area contributed by atoms with Gasteiger partial charge in [-0.25, -0.2) is 9.97 Å². The molecule has 5 rings (SSSR count). The van der Waals surface area contributed by atoms with Crippen LogP contribution in [0.3, 0.4) is 0 Å². The maximum absolute atomic E-state index is 12.9. The summed E-state index contributed by atoms with van der Waals surface area (Å²) in [6.45, 7) is 13.6. The van der Waals surface area contributed by atoms with E-state index in [1.165, 1.54) is 12.2 Å². The van der Waals surface area contributed by atoms with Crippen LogP contribution in [0.1, 0.15) is 49.8 Å². The van der Waals surface area contributed by atoms with E-state index in [2.05, 4.69) is 44.1 Å². The zero-order valence-corrected chi connectivity index (χ0v) is 24.4. The number of aliphatic hydroxyl groups is 1. The van der Waals surface area contributed by atoms with Crippen molar-refractivity contribution in [2.24, 2.45) is 0 Å². The van der Waals surface area contributed by atoms with E-state index in [4.69, 9.17) is 0 Å². The topological polar surface area (TPSA) is 126 Å². The number of aromatic nitrogens is 3. The summed E-state index contributed by atoms with van der Waals surface area (Å²) in [4.78, 5) is 39.2. The number of likely N-dealkylation sites (N-methyl/N-ethyl adjacent to an activating group) is 1. The predicted molar refractivity (Wildman–Crippen MR) is 165 cm³/mol. The van der Waals surface area contributed by atoms with Gasteiger partial charge in [-0.05, 0) is 68.4 Å². The van der Waals surface area contributed by atoms with Gasteiger partial charge in [0.2, 0.25) is 11.9 Å². The second-order valence-electron chi connectivity index (χ2n) is 9.58. The summed E-state index contributed by atoms with van der Waals surface area (Å²) < 4.78 is 0. The van der Waals surface area contributed by atoms with Gasteiger partial charge in [-0.1, -0.05) is 26.5 Å². The molecule has 2 aliphatic rings. The average Bonchev–Trinajstić information content (AvgIpc) is 3.63. The lowest BCUT2D eigenvalue weighted by Gasteiger charge is -2.32. The number of aromatic amines is 1. The second kappa shape index (κ2) is 15.4. The molecular weight excluding hydrogens is 518 g/mol. The first-order valence-corrected chi connectivity index (χ1v) is 14.0. The third-order valence-corrected chi connectivity index (χ3v) is 6.51. The summed E-state index contributed by atoms with van der Waals surface area (Å²) in [5.41, 5.74) is 3.80. The lowest BCUT2D eigenvalue weighted by Crippen LogP contribution is -2.47. The van der Waals surface area contributed by atoms with Crippen LogP contribution in [0.25, 0.3) is 16.5 Å². The molecule has 41 heavy (non-hydrogen) atoms. The van der Waals surface area contributed by atoms with Crippen molar-refractivity contribution in [3.05, 3.63) is 78.5 Å². The predicted octanol–water partition coefficient (Wildman–Crippen LogP) is 5.04. The maximum Gasteiger partial charge on any atom is 0.270 e. The molecule has 0 aliphatic carbocycles. The van der Waals surface area contributed by atoms with Crippen molar-refractivity contribution in [1.82, 2.24) is 30.1 Å². The molecule has 0 spiro atoms. The Labute approximate surface area is 241 Å². The number of aliphatic hydroxyl groups excluding tert-OH is 1. The molecule has 0 bridgehead atoms. The number of piperazine rings is 1. The van der Waals surface area contributed by atoms with Crippen LogP contribution in [0, 0.1) is 0 Å². The number of nitrogens with one attached hydrogen (secondary N) is 3. The van der Waals surface area contributed by atoms with Crippen LogP contribution in [-0.2, 0) is 4.79 Å². The number of H-pyrrole nitrogens is 1. The Hall–Kier alpha value is -4.44. The van der Waals surface area contributed by atoms with Crippen molar-refractivity contribution in [2.45, 2.75) is 33.6 Å². The molecule has 10 heteroatoms. The third kappa shape index (κ3) is 9.04. The number of allylic oxidation sites excluding steroid dienone is 4. The number of amides is 2. The smallest absolute Gasteiger partial charge is 0.270 e. The van der Waals surface area contributed by atoms with Crippen LogP contribution in [0.15, 0.2) is 67.1 Å². The minimum atomic E-state index is 0.0286. The quantitative estimate of drug-likeness (QED) is 0.246. The molecule has 4 N–H and O–H groups in total. The Morgan fingerprint density at radius 1 is 1.15 bits per heavy atom. The molecule has 0 atom stereocenters. The van der Waals surface area contributed by atoms with E-state index >= 15 is 0 Å². The fourth-order valence-corrected chi connectivity index (χ4v) is 4.30. The number of hydrogen-bond donors (Lipinski definition) is 4. The summed E-state index contributed by atoms with van der Waals surface area (Å²) in [6.07, 6.45) is 8.08. The fraction of sp³-hybridized carbons (Fsp3) is 0.355. The second-order valence-corrected chi connectivity index (χ2v) is 9.58. The molecule has 0 radical (unpaired) electrons. The highest BCUT2D eigenvalue weighted by Crippen LogP contribution is 2.23. The van der Waals surface area contributed by atoms with Crippen LogP contribution >= 0.6 is 0 Å². The zero-order chi connectivity index (χ0) is 29.8. The highest BCUT2D eigenvalue weighted by atomic mass is 16.3. The average molecular weight is 560 g/mol. The molecule has 4 heterocycles. The zero-order valence-electron chi connectivity index (χ0n) is 24.4. The highest BCUT2D eigenvalue weighted by Gasteiger charge is 2.21. The fourth-order valence-electron chi connectivity index (χ4n) is 4.30. The summed E-state index contributed by atoms with van der Waals surface area (Å²) >= 11 is 0. The number of anilines is 2. The number of carbonyl (C=O) groups excluding carboxylic acids is 2. The Balaban J connectivity index is 0.000000505. The van der Waals surface area contributed by atoms with Gasteiger partial charge in [0, 0.05) is 61.9 Å². The standard InChI is InChI=1S/C25H28N6O2.C4H7NO.C2H6/c1-4-5-20(32)14-17(2)21-8-9-26-25(29-21)27-19-6-7-22-18(15-19)16-23(28-22)24(33)31-12-10-30(3)11-13-31;6-4-2-1-3-5-4;1-2/h4-9,14-16,28,32H,1,10-13H2,2-3H3,(H,26,27,29);1-3H2,(H,5,6);1-2H3/b17-14+,20-5+;;. The molecule has 2 amide bonds. The van der Waals surface area contributed by atoms with Crippen LogP contribution in [0.2, 0.25) is 0 Å². The van der Waals surface area contributed by atoms with Crippen molar-refractivity contribution in [3.8, 4) is 0 Å². The molecule has 10 nitrogen and oxygen atoms in total. The normalized spacial score (nSPS) is 15.8. The van der Waals surface area contributed by atoms with Crippen LogP contribution < -0.4 is 10.6 Å². The Morgan fingerprint density at radius 2 is 1.90 bits per heavy atom. The van der Waals surface area contributed by atoms with E-state index < -0.39 is 0 Å². The monoisotopic (exact) mass is 559 g/mol. The summed E-state index contributed by atoms with van der Waals surface area (Å²) in [6, 6.07) is 9.49. The van der Waals surface area contributed by atoms with Gasteiger partial charge in [0.05, 0.1) is 5.69 Å². The summed E-state index contributed by atoms with van der Waals surface area (Å²) in [5, 5.41) is 16.7. The first-order chi connectivity index (χ1) is 19.8. The number of nitrogens with zero attached hydrogens (tertiary/aromatic N) is 4. The number of rotatable bonds is 6. The van der Waals surface area contributed by atoms with Crippen LogP contribution in [-0.4, -0.2) is 81.4 Å². The lowest BCUT2D eigenvalue weighted by atomic mass is 10.2. The van der Waals surface area contributed by atoms with Crippen LogP contribution in [0.4, 0.5) is 11.6 Å². The Morgan fingerprint density at radius 3 is 2.54 bits per heavy atom. The van der Waals surface area contributed by atoms with E-state index in [9.17, 15) is 14.7 Å². The van der Waals surface area contributed by atoms with E-state index in [1.54, 1.807) is 18.3 Å². The molecule has 0 saturated carbocycles. The largest absolute Gasteiger partial charge is 0.508 e. The van der Waals surface area contributed by atoms with Gasteiger partial charge < -0.3 is 30.5 Å². The van der Waals surface area contributed by atoms with Crippen molar-refractivity contribution < 1.29 is 14.7 Å². The van der Waals surface area contributed by atoms with Crippen molar-refractivity contribution >= 4 is 39.9 Å². The van der Waals surface area contributed by atoms with Gasteiger partial charge in [0.1, 0.15) is 11.5 Å². The van der Waals surface area contributed by atoms with Crippen LogP contribution in [0.5, 0.6) is 0 Å². The first-order valence-electron chi connectivity index (χ1n) is 14.0. The van der Waals surface area contributed by atoms with E-state index in [0.29, 0.717) is 17.3 Å². The first kappa shape index (κ1) is 31.1.